The molecular formula is C59H49N. The summed E-state index contributed by atoms with van der Waals surface area (Å²) in [6.45, 7) is 11.6. The van der Waals surface area contributed by atoms with E-state index in [1.165, 1.54) is 83.1 Å². The molecule has 0 heterocycles. The third-order valence-electron chi connectivity index (χ3n) is 12.6. The minimum atomic E-state index is -0.137. The molecule has 0 unspecified atom stereocenters. The van der Waals surface area contributed by atoms with Crippen LogP contribution in [0.15, 0.2) is 206 Å². The van der Waals surface area contributed by atoms with E-state index in [9.17, 15) is 0 Å². The van der Waals surface area contributed by atoms with E-state index in [4.69, 9.17) is 0 Å². The Balaban J connectivity index is 1.22. The minimum Gasteiger partial charge on any atom is -0.309 e. The highest BCUT2D eigenvalue weighted by atomic mass is 15.1. The van der Waals surface area contributed by atoms with Crippen molar-refractivity contribution in [2.45, 2.75) is 45.4 Å². The molecular weight excluding hydrogens is 723 g/mol. The predicted molar refractivity (Wildman–Crippen MR) is 257 cm³/mol. The number of benzene rings is 9. The highest BCUT2D eigenvalue weighted by Crippen LogP contribution is 2.53. The van der Waals surface area contributed by atoms with E-state index in [1.54, 1.807) is 0 Å². The average molecular weight is 772 g/mol. The highest BCUT2D eigenvalue weighted by molar-refractivity contribution is 6.09. The van der Waals surface area contributed by atoms with Crippen LogP contribution in [0.4, 0.5) is 17.1 Å². The van der Waals surface area contributed by atoms with E-state index in [2.05, 4.69) is 246 Å². The Bertz CT molecular complexity index is 3030. The molecule has 0 atom stereocenters. The van der Waals surface area contributed by atoms with Gasteiger partial charge in [-0.1, -0.05) is 217 Å². The zero-order valence-corrected chi connectivity index (χ0v) is 35.1. The topological polar surface area (TPSA) is 3.24 Å². The van der Waals surface area contributed by atoms with Gasteiger partial charge < -0.3 is 4.90 Å². The number of anilines is 3. The molecule has 1 aliphatic rings. The van der Waals surface area contributed by atoms with Crippen LogP contribution in [0.1, 0.15) is 51.3 Å². The smallest absolute Gasteiger partial charge is 0.0540 e. The molecule has 9 aromatic rings. The molecule has 0 radical (unpaired) electrons. The second-order valence-corrected chi connectivity index (χ2v) is 17.7. The first-order chi connectivity index (χ1) is 29.2. The molecule has 1 heteroatoms. The van der Waals surface area contributed by atoms with Crippen molar-refractivity contribution >= 4 is 27.8 Å². The first kappa shape index (κ1) is 37.3. The Morgan fingerprint density at radius 3 is 1.63 bits per heavy atom. The average Bonchev–Trinajstić information content (AvgIpc) is 3.52. The van der Waals surface area contributed by atoms with Gasteiger partial charge in [-0.3, -0.25) is 0 Å². The van der Waals surface area contributed by atoms with Gasteiger partial charge in [0.2, 0.25) is 0 Å². The quantitative estimate of drug-likeness (QED) is 0.156. The van der Waals surface area contributed by atoms with E-state index in [1.807, 2.05) is 0 Å². The molecule has 0 fully saturated rings. The zero-order chi connectivity index (χ0) is 41.0. The lowest BCUT2D eigenvalue weighted by atomic mass is 9.79. The number of hydrogen-bond donors (Lipinski definition) is 0. The summed E-state index contributed by atoms with van der Waals surface area (Å²) in [5, 5.41) is 2.47. The molecule has 10 rings (SSSR count). The van der Waals surface area contributed by atoms with Crippen molar-refractivity contribution in [1.82, 2.24) is 0 Å². The lowest BCUT2D eigenvalue weighted by molar-refractivity contribution is 0.590. The van der Waals surface area contributed by atoms with Crippen LogP contribution < -0.4 is 4.90 Å². The first-order valence-electron chi connectivity index (χ1n) is 21.2. The van der Waals surface area contributed by atoms with Gasteiger partial charge in [-0.05, 0) is 102 Å². The Morgan fingerprint density at radius 2 is 0.900 bits per heavy atom. The molecule has 0 spiro atoms. The Hall–Kier alpha value is -6.96. The fourth-order valence-corrected chi connectivity index (χ4v) is 9.69. The van der Waals surface area contributed by atoms with Gasteiger partial charge in [-0.25, -0.2) is 0 Å². The second kappa shape index (κ2) is 14.7. The molecule has 60 heavy (non-hydrogen) atoms. The minimum absolute atomic E-state index is 0.0636. The molecule has 0 bridgehead atoms. The van der Waals surface area contributed by atoms with Crippen molar-refractivity contribution in [3.05, 3.63) is 223 Å². The van der Waals surface area contributed by atoms with Crippen LogP contribution >= 0.6 is 0 Å². The normalized spacial score (nSPS) is 12.9. The largest absolute Gasteiger partial charge is 0.309 e. The fourth-order valence-electron chi connectivity index (χ4n) is 9.69. The van der Waals surface area contributed by atoms with Crippen molar-refractivity contribution < 1.29 is 0 Å². The number of hydrogen-bond acceptors (Lipinski definition) is 1. The van der Waals surface area contributed by atoms with E-state index < -0.39 is 0 Å². The molecule has 9 aromatic carbocycles. The molecule has 0 saturated heterocycles. The van der Waals surface area contributed by atoms with Gasteiger partial charge in [0.15, 0.2) is 0 Å². The Labute approximate surface area is 355 Å². The van der Waals surface area contributed by atoms with E-state index >= 15 is 0 Å². The summed E-state index contributed by atoms with van der Waals surface area (Å²) in [4.78, 5) is 2.50. The van der Waals surface area contributed by atoms with Gasteiger partial charge in [0.05, 0.1) is 11.4 Å². The first-order valence-corrected chi connectivity index (χ1v) is 21.2. The summed E-state index contributed by atoms with van der Waals surface area (Å²) in [7, 11) is 0. The summed E-state index contributed by atoms with van der Waals surface area (Å²) in [6, 6.07) is 76.2. The zero-order valence-electron chi connectivity index (χ0n) is 35.1. The number of rotatable bonds is 7. The summed E-state index contributed by atoms with van der Waals surface area (Å²) >= 11 is 0. The van der Waals surface area contributed by atoms with Crippen LogP contribution in [0.2, 0.25) is 0 Å². The van der Waals surface area contributed by atoms with Crippen LogP contribution in [0.5, 0.6) is 0 Å². The van der Waals surface area contributed by atoms with E-state index in [0.717, 1.165) is 17.1 Å². The molecule has 0 amide bonds. The van der Waals surface area contributed by atoms with Gasteiger partial charge in [-0.2, -0.15) is 0 Å². The van der Waals surface area contributed by atoms with Crippen LogP contribution in [0.25, 0.3) is 66.4 Å². The summed E-state index contributed by atoms with van der Waals surface area (Å²) in [6.07, 6.45) is 0. The molecule has 0 saturated carbocycles. The van der Waals surface area contributed by atoms with Crippen molar-refractivity contribution in [3.8, 4) is 55.6 Å². The van der Waals surface area contributed by atoms with Crippen molar-refractivity contribution in [1.29, 1.82) is 0 Å². The van der Waals surface area contributed by atoms with Crippen molar-refractivity contribution in [2.75, 3.05) is 4.90 Å². The summed E-state index contributed by atoms with van der Waals surface area (Å²) in [5.74, 6) is 0. The van der Waals surface area contributed by atoms with E-state index in [0.29, 0.717) is 0 Å². The number of fused-ring (bicyclic) bond motifs is 4. The van der Waals surface area contributed by atoms with Gasteiger partial charge in [0.1, 0.15) is 0 Å². The van der Waals surface area contributed by atoms with Crippen LogP contribution in [0.3, 0.4) is 0 Å². The van der Waals surface area contributed by atoms with Crippen molar-refractivity contribution in [2.24, 2.45) is 0 Å². The maximum absolute atomic E-state index is 2.50. The lowest BCUT2D eigenvalue weighted by Gasteiger charge is -2.31. The third-order valence-corrected chi connectivity index (χ3v) is 12.6. The maximum atomic E-state index is 2.50. The molecule has 0 aromatic heterocycles. The summed E-state index contributed by atoms with van der Waals surface area (Å²) in [5.41, 5.74) is 19.7. The monoisotopic (exact) mass is 771 g/mol. The third kappa shape index (κ3) is 6.33. The van der Waals surface area contributed by atoms with E-state index in [-0.39, 0.29) is 10.8 Å². The SMILES string of the molecule is CC(C)(C)c1ccc(-c2ccccc2N(c2cccc(-c3cccc4c3C(C)(C)c3ccccc3-4)c2)c2ccccc2-c2cccc3cccc(-c4ccccc4)c23)cc1. The van der Waals surface area contributed by atoms with Crippen LogP contribution in [-0.4, -0.2) is 0 Å². The molecule has 0 N–H and O–H groups in total. The molecule has 290 valence electrons. The predicted octanol–water partition coefficient (Wildman–Crippen LogP) is 16.6. The number of nitrogens with zero attached hydrogens (tertiary/aromatic N) is 1. The maximum Gasteiger partial charge on any atom is 0.0540 e. The van der Waals surface area contributed by atoms with Crippen molar-refractivity contribution in [3.63, 3.8) is 0 Å². The van der Waals surface area contributed by atoms with Gasteiger partial charge in [0, 0.05) is 22.2 Å². The Kier molecular flexibility index (Phi) is 9.14. The highest BCUT2D eigenvalue weighted by Gasteiger charge is 2.37. The molecule has 0 aliphatic heterocycles. The lowest BCUT2D eigenvalue weighted by Crippen LogP contribution is -2.16. The van der Waals surface area contributed by atoms with Gasteiger partial charge in [-0.15, -0.1) is 0 Å². The fraction of sp³-hybridized carbons (Fsp3) is 0.119. The van der Waals surface area contributed by atoms with Gasteiger partial charge in [0.25, 0.3) is 0 Å². The standard InChI is InChI=1S/C59H49N/c1-58(2,3)44-37-35-41(36-38-44)46-25-10-13-33-54(46)60(45-24-15-23-43(39-45)48-29-18-31-52-49-26-9-12-32-53(49)59(4,5)57(48)52)55-34-14-11-27-50(55)51-30-17-22-42-21-16-28-47(56(42)51)40-19-7-6-8-20-40/h6-39H,1-5H3. The Morgan fingerprint density at radius 1 is 0.383 bits per heavy atom. The molecule has 1 nitrogen and oxygen atoms in total. The van der Waals surface area contributed by atoms with Crippen LogP contribution in [-0.2, 0) is 10.8 Å². The molecule has 1 aliphatic carbocycles. The summed E-state index contributed by atoms with van der Waals surface area (Å²) < 4.78 is 0. The second-order valence-electron chi connectivity index (χ2n) is 17.7. The number of para-hydroxylation sites is 2. The van der Waals surface area contributed by atoms with Crippen LogP contribution in [0, 0.1) is 0 Å². The van der Waals surface area contributed by atoms with Gasteiger partial charge >= 0.3 is 0 Å².